The number of halogens is 3. The zero-order chi connectivity index (χ0) is 10.8. The van der Waals surface area contributed by atoms with E-state index < -0.39 is 11.7 Å². The largest absolute Gasteiger partial charge is 0.209 e. The van der Waals surface area contributed by atoms with Gasteiger partial charge in [0.25, 0.3) is 0 Å². The summed E-state index contributed by atoms with van der Waals surface area (Å²) in [5.74, 6) is -1.80. The number of rotatable bonds is 1. The molecule has 0 aliphatic heterocycles. The van der Waals surface area contributed by atoms with Gasteiger partial charge in [-0.2, -0.15) is 0 Å². The van der Waals surface area contributed by atoms with Gasteiger partial charge in [0.1, 0.15) is 11.7 Å². The van der Waals surface area contributed by atoms with Gasteiger partial charge in [-0.05, 0) is 48.6 Å². The van der Waals surface area contributed by atoms with Gasteiger partial charge in [0.05, 0.1) is 0 Å². The van der Waals surface area contributed by atoms with Crippen LogP contribution in [0.2, 0.25) is 0 Å². The predicted molar refractivity (Wildman–Crippen MR) is 53.1 cm³/mol. The summed E-state index contributed by atoms with van der Waals surface area (Å²) in [4.78, 5) is 0. The number of allylic oxidation sites excluding steroid dienone is 8. The second kappa shape index (κ2) is 4.09. The van der Waals surface area contributed by atoms with Crippen molar-refractivity contribution in [3.05, 3.63) is 46.9 Å². The third-order valence-corrected chi connectivity index (χ3v) is 2.65. The van der Waals surface area contributed by atoms with Crippen LogP contribution in [0.4, 0.5) is 13.2 Å². The normalized spacial score (nSPS) is 22.2. The zero-order valence-corrected chi connectivity index (χ0v) is 8.19. The van der Waals surface area contributed by atoms with Gasteiger partial charge in [0, 0.05) is 6.42 Å². The maximum Gasteiger partial charge on any atom is 0.154 e. The summed E-state index contributed by atoms with van der Waals surface area (Å²) in [6, 6.07) is 0. The molecule has 2 aliphatic rings. The molecule has 0 heterocycles. The third-order valence-electron chi connectivity index (χ3n) is 2.65. The quantitative estimate of drug-likeness (QED) is 0.603. The van der Waals surface area contributed by atoms with Crippen molar-refractivity contribution in [2.75, 3.05) is 0 Å². The molecule has 0 aromatic heterocycles. The molecule has 0 radical (unpaired) electrons. The van der Waals surface area contributed by atoms with Crippen LogP contribution in [0, 0.1) is 0 Å². The average molecular weight is 212 g/mol. The van der Waals surface area contributed by atoms with Crippen LogP contribution >= 0.6 is 0 Å². The van der Waals surface area contributed by atoms with Crippen LogP contribution in [-0.2, 0) is 0 Å². The van der Waals surface area contributed by atoms with E-state index in [0.29, 0.717) is 19.3 Å². The van der Waals surface area contributed by atoms with Gasteiger partial charge in [-0.3, -0.25) is 0 Å². The molecule has 0 fully saturated rings. The lowest BCUT2D eigenvalue weighted by Crippen LogP contribution is -1.99. The summed E-state index contributed by atoms with van der Waals surface area (Å²) in [5.41, 5.74) is 1.51. The lowest BCUT2D eigenvalue weighted by molar-refractivity contribution is 0.511. The first-order valence-corrected chi connectivity index (χ1v) is 4.98. The second-order valence-electron chi connectivity index (χ2n) is 3.72. The highest BCUT2D eigenvalue weighted by atomic mass is 19.2. The molecule has 80 valence electrons. The van der Waals surface area contributed by atoms with Gasteiger partial charge in [-0.1, -0.05) is 0 Å². The van der Waals surface area contributed by atoms with E-state index in [1.807, 2.05) is 0 Å². The monoisotopic (exact) mass is 212 g/mol. The Morgan fingerprint density at radius 1 is 0.867 bits per heavy atom. The molecule has 0 atom stereocenters. The Balaban J connectivity index is 2.26. The van der Waals surface area contributed by atoms with Crippen molar-refractivity contribution in [2.24, 2.45) is 0 Å². The fourth-order valence-electron chi connectivity index (χ4n) is 1.84. The summed E-state index contributed by atoms with van der Waals surface area (Å²) < 4.78 is 38.7. The van der Waals surface area contributed by atoms with E-state index >= 15 is 0 Å². The van der Waals surface area contributed by atoms with E-state index in [2.05, 4.69) is 0 Å². The number of hydrogen-bond donors (Lipinski definition) is 0. The second-order valence-corrected chi connectivity index (χ2v) is 3.72. The van der Waals surface area contributed by atoms with Crippen molar-refractivity contribution < 1.29 is 13.2 Å². The lowest BCUT2D eigenvalue weighted by atomic mass is 9.91. The predicted octanol–water partition coefficient (Wildman–Crippen LogP) is 4.43. The average Bonchev–Trinajstić information content (AvgIpc) is 2.22. The first-order chi connectivity index (χ1) is 7.16. The highest BCUT2D eigenvalue weighted by Crippen LogP contribution is 2.33. The molecule has 0 amide bonds. The Kier molecular flexibility index (Phi) is 2.80. The van der Waals surface area contributed by atoms with Crippen LogP contribution in [0.25, 0.3) is 0 Å². The Morgan fingerprint density at radius 2 is 1.60 bits per heavy atom. The van der Waals surface area contributed by atoms with Crippen molar-refractivity contribution >= 4 is 0 Å². The SMILES string of the molecule is FC1=CCCC(C2=CC(F)=C(F)CC2)=C1. The molecule has 15 heavy (non-hydrogen) atoms. The van der Waals surface area contributed by atoms with Gasteiger partial charge in [0.2, 0.25) is 0 Å². The third kappa shape index (κ3) is 2.22. The molecular weight excluding hydrogens is 201 g/mol. The van der Waals surface area contributed by atoms with Crippen LogP contribution in [0.1, 0.15) is 25.7 Å². The van der Waals surface area contributed by atoms with Gasteiger partial charge < -0.3 is 0 Å². The van der Waals surface area contributed by atoms with Crippen molar-refractivity contribution in [2.45, 2.75) is 25.7 Å². The van der Waals surface area contributed by atoms with Crippen LogP contribution in [-0.4, -0.2) is 0 Å². The summed E-state index contributed by atoms with van der Waals surface area (Å²) in [6.45, 7) is 0. The highest BCUT2D eigenvalue weighted by molar-refractivity contribution is 5.43. The molecule has 0 bridgehead atoms. The highest BCUT2D eigenvalue weighted by Gasteiger charge is 2.17. The van der Waals surface area contributed by atoms with Crippen molar-refractivity contribution in [3.63, 3.8) is 0 Å². The van der Waals surface area contributed by atoms with E-state index in [4.69, 9.17) is 0 Å². The standard InChI is InChI=1S/C12H11F3/c13-10-3-1-2-8(6-10)9-4-5-11(14)12(15)7-9/h3,6-7H,1-2,4-5H2. The van der Waals surface area contributed by atoms with E-state index in [1.54, 1.807) is 0 Å². The van der Waals surface area contributed by atoms with E-state index in [0.717, 1.165) is 11.1 Å². The van der Waals surface area contributed by atoms with E-state index in [1.165, 1.54) is 18.2 Å². The molecule has 0 saturated heterocycles. The van der Waals surface area contributed by atoms with Crippen molar-refractivity contribution in [1.29, 1.82) is 0 Å². The molecule has 0 nitrogen and oxygen atoms in total. The molecule has 0 aromatic carbocycles. The smallest absolute Gasteiger partial charge is 0.154 e. The fourth-order valence-corrected chi connectivity index (χ4v) is 1.84. The molecule has 0 aromatic rings. The zero-order valence-electron chi connectivity index (χ0n) is 8.19. The fraction of sp³-hybridized carbons (Fsp3) is 0.333. The minimum atomic E-state index is -0.813. The molecular formula is C12H11F3. The summed E-state index contributed by atoms with van der Waals surface area (Å²) in [5, 5.41) is 0. The maximum atomic E-state index is 13.0. The van der Waals surface area contributed by atoms with Crippen LogP contribution in [0.3, 0.4) is 0 Å². The molecule has 0 N–H and O–H groups in total. The van der Waals surface area contributed by atoms with E-state index in [9.17, 15) is 13.2 Å². The summed E-state index contributed by atoms with van der Waals surface area (Å²) in [7, 11) is 0. The van der Waals surface area contributed by atoms with Gasteiger partial charge in [0.15, 0.2) is 5.83 Å². The summed E-state index contributed by atoms with van der Waals surface area (Å²) >= 11 is 0. The molecule has 2 rings (SSSR count). The van der Waals surface area contributed by atoms with E-state index in [-0.39, 0.29) is 12.2 Å². The Bertz CT molecular complexity index is 397. The van der Waals surface area contributed by atoms with Crippen LogP contribution < -0.4 is 0 Å². The number of hydrogen-bond acceptors (Lipinski definition) is 0. The molecule has 3 heteroatoms. The molecule has 0 saturated carbocycles. The van der Waals surface area contributed by atoms with Gasteiger partial charge in [-0.15, -0.1) is 0 Å². The Labute approximate surface area is 86.5 Å². The first kappa shape index (κ1) is 10.3. The molecule has 0 unspecified atom stereocenters. The molecule has 0 spiro atoms. The minimum absolute atomic E-state index is 0.0837. The van der Waals surface area contributed by atoms with Crippen molar-refractivity contribution in [1.82, 2.24) is 0 Å². The molecule has 2 aliphatic carbocycles. The van der Waals surface area contributed by atoms with Gasteiger partial charge in [-0.25, -0.2) is 13.2 Å². The first-order valence-electron chi connectivity index (χ1n) is 4.98. The Hall–Kier alpha value is -1.25. The van der Waals surface area contributed by atoms with Crippen LogP contribution in [0.5, 0.6) is 0 Å². The van der Waals surface area contributed by atoms with Crippen molar-refractivity contribution in [3.8, 4) is 0 Å². The van der Waals surface area contributed by atoms with Crippen LogP contribution in [0.15, 0.2) is 46.9 Å². The Morgan fingerprint density at radius 3 is 2.27 bits per heavy atom. The minimum Gasteiger partial charge on any atom is -0.209 e. The summed E-state index contributed by atoms with van der Waals surface area (Å²) in [6.07, 6.45) is 5.96. The topological polar surface area (TPSA) is 0 Å². The van der Waals surface area contributed by atoms with Gasteiger partial charge >= 0.3 is 0 Å². The maximum absolute atomic E-state index is 13.0. The lowest BCUT2D eigenvalue weighted by Gasteiger charge is -2.16.